The van der Waals surface area contributed by atoms with Crippen LogP contribution in [0.4, 0.5) is 0 Å². The lowest BCUT2D eigenvalue weighted by Crippen LogP contribution is -2.08. The molecule has 0 atom stereocenters. The van der Waals surface area contributed by atoms with E-state index in [1.807, 2.05) is 4.57 Å². The van der Waals surface area contributed by atoms with E-state index in [1.54, 1.807) is 13.1 Å². The van der Waals surface area contributed by atoms with Gasteiger partial charge in [0, 0.05) is 18.0 Å². The molecule has 0 aliphatic rings. The van der Waals surface area contributed by atoms with Crippen LogP contribution in [0, 0.1) is 6.92 Å². The van der Waals surface area contributed by atoms with Gasteiger partial charge in [-0.1, -0.05) is 64.0 Å². The summed E-state index contributed by atoms with van der Waals surface area (Å²) in [7, 11) is 0. The van der Waals surface area contributed by atoms with Crippen LogP contribution in [-0.2, 0) is 6.42 Å². The lowest BCUT2D eigenvalue weighted by atomic mass is 10.0. The second kappa shape index (κ2) is 10.1. The van der Waals surface area contributed by atoms with Gasteiger partial charge in [-0.05, 0) is 37.5 Å². The van der Waals surface area contributed by atoms with E-state index < -0.39 is 0 Å². The molecule has 0 bridgehead atoms. The predicted molar refractivity (Wildman–Crippen MR) is 105 cm³/mol. The van der Waals surface area contributed by atoms with Crippen LogP contribution in [0.3, 0.4) is 0 Å². The number of unbranched alkanes of at least 4 members (excludes halogenated alkanes) is 7. The zero-order valence-corrected chi connectivity index (χ0v) is 15.6. The molecule has 0 saturated carbocycles. The molecule has 0 saturated heterocycles. The highest BCUT2D eigenvalue weighted by Crippen LogP contribution is 2.18. The molecule has 1 heterocycles. The summed E-state index contributed by atoms with van der Waals surface area (Å²) in [5.74, 6) is -0.175. The second-order valence-corrected chi connectivity index (χ2v) is 6.88. The van der Waals surface area contributed by atoms with Crippen molar-refractivity contribution in [1.82, 2.24) is 4.57 Å². The quantitative estimate of drug-likeness (QED) is 0.577. The standard InChI is InChI=1S/C22H31NO2/c1-3-4-5-6-7-8-9-10-11-19-12-14-20(15-13-19)23-17-16-21(24)22(25)18(23)2/h12-17,25H,3-11H2,1-2H3. The van der Waals surface area contributed by atoms with Crippen molar-refractivity contribution >= 4 is 0 Å². The zero-order chi connectivity index (χ0) is 18.1. The van der Waals surface area contributed by atoms with Crippen LogP contribution < -0.4 is 5.43 Å². The van der Waals surface area contributed by atoms with Crippen LogP contribution in [0.15, 0.2) is 41.3 Å². The summed E-state index contributed by atoms with van der Waals surface area (Å²) in [6, 6.07) is 9.79. The number of rotatable bonds is 10. The average Bonchev–Trinajstić information content (AvgIpc) is 2.63. The Labute approximate surface area is 151 Å². The van der Waals surface area contributed by atoms with Crippen molar-refractivity contribution in [1.29, 1.82) is 0 Å². The van der Waals surface area contributed by atoms with Crippen LogP contribution in [0.25, 0.3) is 5.69 Å². The summed E-state index contributed by atoms with van der Waals surface area (Å²) in [5, 5.41) is 9.80. The Morgan fingerprint density at radius 1 is 0.880 bits per heavy atom. The molecule has 1 aromatic carbocycles. The number of hydrogen-bond donors (Lipinski definition) is 1. The van der Waals surface area contributed by atoms with Crippen LogP contribution >= 0.6 is 0 Å². The smallest absolute Gasteiger partial charge is 0.223 e. The third-order valence-electron chi connectivity index (χ3n) is 4.85. The molecule has 1 N–H and O–H groups in total. The van der Waals surface area contributed by atoms with Crippen LogP contribution in [0.2, 0.25) is 0 Å². The van der Waals surface area contributed by atoms with Gasteiger partial charge in [0.15, 0.2) is 5.75 Å². The third kappa shape index (κ3) is 5.77. The predicted octanol–water partition coefficient (Wildman–Crippen LogP) is 5.53. The normalized spacial score (nSPS) is 11.0. The number of aryl methyl sites for hydroxylation is 1. The average molecular weight is 341 g/mol. The van der Waals surface area contributed by atoms with Crippen LogP contribution in [0.5, 0.6) is 5.75 Å². The van der Waals surface area contributed by atoms with Gasteiger partial charge in [-0.25, -0.2) is 0 Å². The number of benzene rings is 1. The van der Waals surface area contributed by atoms with E-state index in [1.165, 1.54) is 63.0 Å². The molecule has 136 valence electrons. The minimum absolute atomic E-state index is 0.175. The molecule has 0 radical (unpaired) electrons. The van der Waals surface area contributed by atoms with Crippen molar-refractivity contribution in [3.05, 3.63) is 58.0 Å². The van der Waals surface area contributed by atoms with Gasteiger partial charge in [0.1, 0.15) is 0 Å². The molecule has 1 aromatic heterocycles. The van der Waals surface area contributed by atoms with E-state index in [0.29, 0.717) is 5.69 Å². The molecular formula is C22H31NO2. The summed E-state index contributed by atoms with van der Waals surface area (Å²) >= 11 is 0. The Balaban J connectivity index is 1.81. The fourth-order valence-electron chi connectivity index (χ4n) is 3.19. The lowest BCUT2D eigenvalue weighted by Gasteiger charge is -2.12. The first-order valence-electron chi connectivity index (χ1n) is 9.64. The fourth-order valence-corrected chi connectivity index (χ4v) is 3.19. The Morgan fingerprint density at radius 2 is 1.48 bits per heavy atom. The highest BCUT2D eigenvalue weighted by atomic mass is 16.3. The zero-order valence-electron chi connectivity index (χ0n) is 15.6. The van der Waals surface area contributed by atoms with E-state index in [2.05, 4.69) is 31.2 Å². The molecule has 0 aliphatic carbocycles. The first-order valence-corrected chi connectivity index (χ1v) is 9.64. The van der Waals surface area contributed by atoms with Gasteiger partial charge in [0.2, 0.25) is 5.43 Å². The molecule has 3 nitrogen and oxygen atoms in total. The monoisotopic (exact) mass is 341 g/mol. The van der Waals surface area contributed by atoms with Gasteiger partial charge in [0.05, 0.1) is 5.69 Å². The maximum atomic E-state index is 11.5. The van der Waals surface area contributed by atoms with Crippen molar-refractivity contribution in [3.63, 3.8) is 0 Å². The first-order chi connectivity index (χ1) is 12.1. The second-order valence-electron chi connectivity index (χ2n) is 6.88. The molecule has 0 unspecified atom stereocenters. The van der Waals surface area contributed by atoms with E-state index >= 15 is 0 Å². The van der Waals surface area contributed by atoms with Crippen LogP contribution in [0.1, 0.15) is 69.5 Å². The summed E-state index contributed by atoms with van der Waals surface area (Å²) in [6.45, 7) is 4.01. The molecule has 2 aromatic rings. The van der Waals surface area contributed by atoms with Gasteiger partial charge in [0.25, 0.3) is 0 Å². The number of nitrogens with zero attached hydrogens (tertiary/aromatic N) is 1. The molecule has 25 heavy (non-hydrogen) atoms. The number of aromatic hydroxyl groups is 1. The van der Waals surface area contributed by atoms with E-state index in [0.717, 1.165) is 12.1 Å². The van der Waals surface area contributed by atoms with Crippen LogP contribution in [-0.4, -0.2) is 9.67 Å². The Morgan fingerprint density at radius 3 is 2.12 bits per heavy atom. The van der Waals surface area contributed by atoms with Gasteiger partial charge in [-0.2, -0.15) is 0 Å². The summed E-state index contributed by atoms with van der Waals surface area (Å²) in [6.07, 6.45) is 13.5. The maximum absolute atomic E-state index is 11.5. The molecule has 2 rings (SSSR count). The van der Waals surface area contributed by atoms with Gasteiger partial charge < -0.3 is 9.67 Å². The van der Waals surface area contributed by atoms with Crippen molar-refractivity contribution < 1.29 is 5.11 Å². The number of aromatic nitrogens is 1. The topological polar surface area (TPSA) is 42.2 Å². The van der Waals surface area contributed by atoms with Gasteiger partial charge in [-0.3, -0.25) is 4.79 Å². The first kappa shape index (κ1) is 19.3. The van der Waals surface area contributed by atoms with Crippen molar-refractivity contribution in [3.8, 4) is 11.4 Å². The number of pyridine rings is 1. The SMILES string of the molecule is CCCCCCCCCCc1ccc(-n2ccc(=O)c(O)c2C)cc1. The van der Waals surface area contributed by atoms with Gasteiger partial charge >= 0.3 is 0 Å². The Kier molecular flexibility index (Phi) is 7.77. The summed E-state index contributed by atoms with van der Waals surface area (Å²) in [5.41, 5.74) is 2.55. The minimum Gasteiger partial charge on any atom is -0.503 e. The highest BCUT2D eigenvalue weighted by molar-refractivity contribution is 5.40. The molecule has 0 aliphatic heterocycles. The van der Waals surface area contributed by atoms with Crippen molar-refractivity contribution in [2.24, 2.45) is 0 Å². The molecular weight excluding hydrogens is 310 g/mol. The molecule has 0 amide bonds. The Hall–Kier alpha value is -2.03. The van der Waals surface area contributed by atoms with E-state index in [9.17, 15) is 9.90 Å². The van der Waals surface area contributed by atoms with E-state index in [4.69, 9.17) is 0 Å². The Bertz CT molecular complexity index is 701. The third-order valence-corrected chi connectivity index (χ3v) is 4.85. The molecule has 0 fully saturated rings. The van der Waals surface area contributed by atoms with Gasteiger partial charge in [-0.15, -0.1) is 0 Å². The number of hydrogen-bond acceptors (Lipinski definition) is 2. The minimum atomic E-state index is -0.333. The lowest BCUT2D eigenvalue weighted by molar-refractivity contribution is 0.459. The van der Waals surface area contributed by atoms with Crippen molar-refractivity contribution in [2.45, 2.75) is 71.6 Å². The molecule has 3 heteroatoms. The molecule has 0 spiro atoms. The van der Waals surface area contributed by atoms with E-state index in [-0.39, 0.29) is 11.2 Å². The maximum Gasteiger partial charge on any atom is 0.223 e. The largest absolute Gasteiger partial charge is 0.503 e. The highest BCUT2D eigenvalue weighted by Gasteiger charge is 2.06. The fraction of sp³-hybridized carbons (Fsp3) is 0.500. The van der Waals surface area contributed by atoms with Crippen molar-refractivity contribution in [2.75, 3.05) is 0 Å². The summed E-state index contributed by atoms with van der Waals surface area (Å²) in [4.78, 5) is 11.5. The summed E-state index contributed by atoms with van der Waals surface area (Å²) < 4.78 is 1.84.